The van der Waals surface area contributed by atoms with Gasteiger partial charge in [-0.1, -0.05) is 44.4 Å². The van der Waals surface area contributed by atoms with Crippen LogP contribution >= 0.6 is 0 Å². The molecule has 3 nitrogen and oxygen atoms in total. The van der Waals surface area contributed by atoms with Gasteiger partial charge in [-0.15, -0.1) is 0 Å². The molecular formula is C18H27N3. The molecule has 1 fully saturated rings. The Morgan fingerprint density at radius 1 is 1.33 bits per heavy atom. The maximum absolute atomic E-state index is 6.75. The van der Waals surface area contributed by atoms with Gasteiger partial charge in [0.2, 0.25) is 0 Å². The zero-order valence-electron chi connectivity index (χ0n) is 13.3. The van der Waals surface area contributed by atoms with Crippen molar-refractivity contribution in [2.45, 2.75) is 64.5 Å². The molecule has 3 rings (SSSR count). The molecule has 0 bridgehead atoms. The molecule has 1 aliphatic carbocycles. The van der Waals surface area contributed by atoms with Gasteiger partial charge in [-0.3, -0.25) is 4.68 Å². The van der Waals surface area contributed by atoms with Gasteiger partial charge in [0.05, 0.1) is 11.2 Å². The molecule has 1 aromatic heterocycles. The molecule has 1 heterocycles. The lowest BCUT2D eigenvalue weighted by Gasteiger charge is -2.37. The van der Waals surface area contributed by atoms with Gasteiger partial charge in [0.1, 0.15) is 0 Å². The van der Waals surface area contributed by atoms with Crippen molar-refractivity contribution in [2.75, 3.05) is 0 Å². The quantitative estimate of drug-likeness (QED) is 0.926. The fraction of sp³-hybridized carbons (Fsp3) is 0.611. The zero-order valence-corrected chi connectivity index (χ0v) is 13.3. The lowest BCUT2D eigenvalue weighted by molar-refractivity contribution is 0.217. The maximum atomic E-state index is 6.75. The predicted octanol–water partition coefficient (Wildman–Crippen LogP) is 3.90. The van der Waals surface area contributed by atoms with Crippen LogP contribution in [0.25, 0.3) is 10.9 Å². The number of hydrogen-bond acceptors (Lipinski definition) is 2. The van der Waals surface area contributed by atoms with E-state index in [4.69, 9.17) is 10.8 Å². The Morgan fingerprint density at radius 2 is 2.14 bits per heavy atom. The highest BCUT2D eigenvalue weighted by atomic mass is 15.3. The highest BCUT2D eigenvalue weighted by Gasteiger charge is 2.33. The molecule has 0 spiro atoms. The number of hydrogen-bond donors (Lipinski definition) is 1. The van der Waals surface area contributed by atoms with Crippen LogP contribution in [-0.4, -0.2) is 15.3 Å². The van der Waals surface area contributed by atoms with Crippen molar-refractivity contribution >= 4 is 10.9 Å². The van der Waals surface area contributed by atoms with Crippen molar-refractivity contribution in [1.29, 1.82) is 0 Å². The van der Waals surface area contributed by atoms with Gasteiger partial charge in [0.15, 0.2) is 0 Å². The zero-order chi connectivity index (χ0) is 14.9. The van der Waals surface area contributed by atoms with E-state index in [-0.39, 0.29) is 5.54 Å². The molecule has 0 radical (unpaired) electrons. The summed E-state index contributed by atoms with van der Waals surface area (Å²) in [5.41, 5.74) is 9.11. The van der Waals surface area contributed by atoms with Crippen molar-refractivity contribution in [2.24, 2.45) is 11.7 Å². The second-order valence-electron chi connectivity index (χ2n) is 6.69. The predicted molar refractivity (Wildman–Crippen MR) is 88.3 cm³/mol. The van der Waals surface area contributed by atoms with Gasteiger partial charge >= 0.3 is 0 Å². The van der Waals surface area contributed by atoms with Gasteiger partial charge < -0.3 is 5.73 Å². The van der Waals surface area contributed by atoms with E-state index in [2.05, 4.69) is 42.8 Å². The summed E-state index contributed by atoms with van der Waals surface area (Å²) in [6.07, 6.45) is 7.06. The monoisotopic (exact) mass is 285 g/mol. The maximum Gasteiger partial charge on any atom is 0.0721 e. The Hall–Kier alpha value is -1.35. The summed E-state index contributed by atoms with van der Waals surface area (Å²) in [5, 5.41) is 6.12. The van der Waals surface area contributed by atoms with Crippen LogP contribution < -0.4 is 5.73 Å². The number of fused-ring (bicyclic) bond motifs is 1. The summed E-state index contributed by atoms with van der Waals surface area (Å²) in [6.45, 7) is 5.35. The molecule has 2 aromatic rings. The van der Waals surface area contributed by atoms with Crippen LogP contribution in [0.5, 0.6) is 0 Å². The standard InChI is InChI=1S/C18H27N3/c1-3-14-8-7-11-18(19,12-14)13-16-15-9-5-6-10-17(15)21(4-2)20-16/h5-6,9-10,14H,3-4,7-8,11-13,19H2,1-2H3. The van der Waals surface area contributed by atoms with E-state index in [1.165, 1.54) is 35.9 Å². The van der Waals surface area contributed by atoms with E-state index in [0.29, 0.717) is 0 Å². The summed E-state index contributed by atoms with van der Waals surface area (Å²) in [6, 6.07) is 8.54. The SMILES string of the molecule is CCC1CCCC(N)(Cc2nn(CC)c3ccccc23)C1. The molecule has 1 aromatic carbocycles. The van der Waals surface area contributed by atoms with Gasteiger partial charge in [-0.25, -0.2) is 0 Å². The second-order valence-corrected chi connectivity index (χ2v) is 6.69. The van der Waals surface area contributed by atoms with E-state index in [1.807, 2.05) is 0 Å². The molecule has 3 heteroatoms. The summed E-state index contributed by atoms with van der Waals surface area (Å²) in [4.78, 5) is 0. The summed E-state index contributed by atoms with van der Waals surface area (Å²) < 4.78 is 2.11. The molecule has 2 N–H and O–H groups in total. The van der Waals surface area contributed by atoms with Gasteiger partial charge in [-0.05, 0) is 31.7 Å². The minimum Gasteiger partial charge on any atom is -0.325 e. The van der Waals surface area contributed by atoms with Crippen molar-refractivity contribution in [3.8, 4) is 0 Å². The van der Waals surface area contributed by atoms with Crippen molar-refractivity contribution in [1.82, 2.24) is 9.78 Å². The number of rotatable bonds is 4. The molecule has 0 amide bonds. The molecule has 1 saturated carbocycles. The number of para-hydroxylation sites is 1. The molecular weight excluding hydrogens is 258 g/mol. The summed E-state index contributed by atoms with van der Waals surface area (Å²) in [5.74, 6) is 0.795. The minimum atomic E-state index is -0.0609. The van der Waals surface area contributed by atoms with E-state index in [0.717, 1.165) is 31.7 Å². The van der Waals surface area contributed by atoms with Crippen LogP contribution in [0.1, 0.15) is 51.6 Å². The average Bonchev–Trinajstić information content (AvgIpc) is 2.85. The molecule has 21 heavy (non-hydrogen) atoms. The normalized spacial score (nSPS) is 26.3. The van der Waals surface area contributed by atoms with Crippen LogP contribution in [0.3, 0.4) is 0 Å². The van der Waals surface area contributed by atoms with E-state index in [9.17, 15) is 0 Å². The van der Waals surface area contributed by atoms with E-state index in [1.54, 1.807) is 0 Å². The first-order valence-electron chi connectivity index (χ1n) is 8.38. The molecule has 0 saturated heterocycles. The van der Waals surface area contributed by atoms with E-state index < -0.39 is 0 Å². The number of nitrogens with zero attached hydrogens (tertiary/aromatic N) is 2. The fourth-order valence-corrected chi connectivity index (χ4v) is 3.93. The fourth-order valence-electron chi connectivity index (χ4n) is 3.93. The van der Waals surface area contributed by atoms with Crippen LogP contribution in [-0.2, 0) is 13.0 Å². The Kier molecular flexibility index (Phi) is 4.03. The van der Waals surface area contributed by atoms with Crippen molar-refractivity contribution in [3.05, 3.63) is 30.0 Å². The Labute approximate surface area is 127 Å². The van der Waals surface area contributed by atoms with Crippen molar-refractivity contribution in [3.63, 3.8) is 0 Å². The molecule has 0 aliphatic heterocycles. The van der Waals surface area contributed by atoms with E-state index >= 15 is 0 Å². The third-order valence-corrected chi connectivity index (χ3v) is 5.11. The minimum absolute atomic E-state index is 0.0609. The van der Waals surface area contributed by atoms with Crippen LogP contribution in [0.15, 0.2) is 24.3 Å². The highest BCUT2D eigenvalue weighted by molar-refractivity contribution is 5.82. The van der Waals surface area contributed by atoms with Crippen molar-refractivity contribution < 1.29 is 0 Å². The van der Waals surface area contributed by atoms with Crippen LogP contribution in [0.4, 0.5) is 0 Å². The second kappa shape index (κ2) is 5.80. The number of nitrogens with two attached hydrogens (primary N) is 1. The Bertz CT molecular complexity index is 616. The van der Waals surface area contributed by atoms with Crippen LogP contribution in [0.2, 0.25) is 0 Å². The highest BCUT2D eigenvalue weighted by Crippen LogP contribution is 2.35. The Morgan fingerprint density at radius 3 is 2.90 bits per heavy atom. The summed E-state index contributed by atoms with van der Waals surface area (Å²) in [7, 11) is 0. The third kappa shape index (κ3) is 2.84. The number of aromatic nitrogens is 2. The van der Waals surface area contributed by atoms with Gasteiger partial charge in [0.25, 0.3) is 0 Å². The number of aryl methyl sites for hydroxylation is 1. The first kappa shape index (κ1) is 14.6. The molecule has 2 unspecified atom stereocenters. The Balaban J connectivity index is 1.90. The first-order chi connectivity index (χ1) is 10.1. The molecule has 114 valence electrons. The molecule has 2 atom stereocenters. The lowest BCUT2D eigenvalue weighted by atomic mass is 9.73. The summed E-state index contributed by atoms with van der Waals surface area (Å²) >= 11 is 0. The lowest BCUT2D eigenvalue weighted by Crippen LogP contribution is -2.46. The first-order valence-corrected chi connectivity index (χ1v) is 8.38. The smallest absolute Gasteiger partial charge is 0.0721 e. The largest absolute Gasteiger partial charge is 0.325 e. The molecule has 1 aliphatic rings. The van der Waals surface area contributed by atoms with Crippen LogP contribution in [0, 0.1) is 5.92 Å². The third-order valence-electron chi connectivity index (χ3n) is 5.11. The number of benzene rings is 1. The topological polar surface area (TPSA) is 43.8 Å². The van der Waals surface area contributed by atoms with Gasteiger partial charge in [0, 0.05) is 23.9 Å². The van der Waals surface area contributed by atoms with Gasteiger partial charge in [-0.2, -0.15) is 5.10 Å². The average molecular weight is 285 g/mol.